The number of ether oxygens (including phenoxy) is 1. The second-order valence-electron chi connectivity index (χ2n) is 5.86. The summed E-state index contributed by atoms with van der Waals surface area (Å²) in [6.45, 7) is 0.996. The van der Waals surface area contributed by atoms with Gasteiger partial charge in [-0.3, -0.25) is 4.79 Å². The number of hydrogen-bond acceptors (Lipinski definition) is 4. The van der Waals surface area contributed by atoms with E-state index >= 15 is 0 Å². The zero-order valence-electron chi connectivity index (χ0n) is 13.1. The topological polar surface area (TPSA) is 88.8 Å². The molecule has 0 bridgehead atoms. The van der Waals surface area contributed by atoms with Gasteiger partial charge in [-0.1, -0.05) is 12.1 Å². The number of aliphatic carboxylic acids is 1. The Morgan fingerprint density at radius 3 is 2.79 bits per heavy atom. The monoisotopic (exact) mass is 329 g/mol. The van der Waals surface area contributed by atoms with Crippen LogP contribution in [0.2, 0.25) is 0 Å². The Kier molecular flexibility index (Phi) is 4.96. The molecule has 0 aliphatic carbocycles. The standard InChI is InChI=1S/C18H19NO5/c20-17(19-16(18(21)22)15-5-2-7-23-11-15)13-4-1-3-12(9-13)14-6-8-24-10-14/h1,3-4,6,8-10,15-16H,2,5,7,11H2,(H,19,20)(H,21,22). The smallest absolute Gasteiger partial charge is 0.326 e. The first-order chi connectivity index (χ1) is 11.6. The molecular formula is C18H19NO5. The van der Waals surface area contributed by atoms with Crippen LogP contribution in [-0.4, -0.2) is 36.2 Å². The molecule has 1 aliphatic rings. The number of carbonyl (C=O) groups is 2. The molecule has 0 radical (unpaired) electrons. The maximum absolute atomic E-state index is 12.5. The van der Waals surface area contributed by atoms with Gasteiger partial charge in [-0.2, -0.15) is 0 Å². The fourth-order valence-corrected chi connectivity index (χ4v) is 2.90. The quantitative estimate of drug-likeness (QED) is 0.880. The van der Waals surface area contributed by atoms with Gasteiger partial charge in [0.05, 0.1) is 19.1 Å². The van der Waals surface area contributed by atoms with E-state index in [4.69, 9.17) is 9.15 Å². The highest BCUT2D eigenvalue weighted by Crippen LogP contribution is 2.22. The Bertz CT molecular complexity index is 704. The van der Waals surface area contributed by atoms with Crippen LogP contribution in [0.1, 0.15) is 23.2 Å². The Balaban J connectivity index is 1.75. The van der Waals surface area contributed by atoms with E-state index in [1.807, 2.05) is 6.07 Å². The molecule has 24 heavy (non-hydrogen) atoms. The van der Waals surface area contributed by atoms with E-state index in [0.717, 1.165) is 24.0 Å². The Labute approximate surface area is 139 Å². The van der Waals surface area contributed by atoms with Crippen LogP contribution in [0.4, 0.5) is 0 Å². The van der Waals surface area contributed by atoms with Gasteiger partial charge in [0.1, 0.15) is 6.04 Å². The SMILES string of the molecule is O=C(NC(C(=O)O)C1CCCOC1)c1cccc(-c2ccoc2)c1. The molecule has 2 atom stereocenters. The molecule has 0 spiro atoms. The van der Waals surface area contributed by atoms with Crippen molar-refractivity contribution in [3.8, 4) is 11.1 Å². The van der Waals surface area contributed by atoms with E-state index in [0.29, 0.717) is 18.8 Å². The van der Waals surface area contributed by atoms with Crippen LogP contribution in [0.3, 0.4) is 0 Å². The minimum atomic E-state index is -1.04. The fourth-order valence-electron chi connectivity index (χ4n) is 2.90. The number of carbonyl (C=O) groups excluding carboxylic acids is 1. The number of rotatable bonds is 5. The summed E-state index contributed by atoms with van der Waals surface area (Å²) in [7, 11) is 0. The molecule has 2 N–H and O–H groups in total. The lowest BCUT2D eigenvalue weighted by Crippen LogP contribution is -2.48. The number of furan rings is 1. The van der Waals surface area contributed by atoms with Crippen LogP contribution in [-0.2, 0) is 9.53 Å². The lowest BCUT2D eigenvalue weighted by atomic mass is 9.93. The van der Waals surface area contributed by atoms with E-state index in [-0.39, 0.29) is 5.92 Å². The van der Waals surface area contributed by atoms with E-state index in [1.54, 1.807) is 36.8 Å². The Morgan fingerprint density at radius 1 is 1.25 bits per heavy atom. The maximum Gasteiger partial charge on any atom is 0.326 e. The summed E-state index contributed by atoms with van der Waals surface area (Å²) in [5.41, 5.74) is 2.11. The highest BCUT2D eigenvalue weighted by Gasteiger charge is 2.31. The van der Waals surface area contributed by atoms with Gasteiger partial charge >= 0.3 is 5.97 Å². The molecule has 6 nitrogen and oxygen atoms in total. The van der Waals surface area contributed by atoms with Gasteiger partial charge in [-0.25, -0.2) is 4.79 Å². The average Bonchev–Trinajstić information content (AvgIpc) is 3.15. The molecule has 1 saturated heterocycles. The minimum Gasteiger partial charge on any atom is -0.480 e. The van der Waals surface area contributed by atoms with Crippen molar-refractivity contribution in [2.24, 2.45) is 5.92 Å². The average molecular weight is 329 g/mol. The van der Waals surface area contributed by atoms with Crippen molar-refractivity contribution in [1.82, 2.24) is 5.32 Å². The molecule has 1 aromatic carbocycles. The number of benzene rings is 1. The Hall–Kier alpha value is -2.60. The molecule has 126 valence electrons. The predicted octanol–water partition coefficient (Wildman–Crippen LogP) is 2.56. The van der Waals surface area contributed by atoms with Crippen molar-refractivity contribution in [2.75, 3.05) is 13.2 Å². The van der Waals surface area contributed by atoms with Crippen LogP contribution in [0.15, 0.2) is 47.3 Å². The van der Waals surface area contributed by atoms with Crippen LogP contribution >= 0.6 is 0 Å². The summed E-state index contributed by atoms with van der Waals surface area (Å²) in [4.78, 5) is 24.0. The first-order valence-electron chi connectivity index (χ1n) is 7.89. The van der Waals surface area contributed by atoms with Gasteiger partial charge in [-0.05, 0) is 36.6 Å². The van der Waals surface area contributed by atoms with Crippen molar-refractivity contribution in [2.45, 2.75) is 18.9 Å². The minimum absolute atomic E-state index is 0.211. The van der Waals surface area contributed by atoms with E-state index in [2.05, 4.69) is 5.32 Å². The summed E-state index contributed by atoms with van der Waals surface area (Å²) in [6.07, 6.45) is 4.69. The first kappa shape index (κ1) is 16.3. The third-order valence-corrected chi connectivity index (χ3v) is 4.20. The van der Waals surface area contributed by atoms with Crippen molar-refractivity contribution < 1.29 is 23.8 Å². The van der Waals surface area contributed by atoms with Gasteiger partial charge < -0.3 is 19.6 Å². The highest BCUT2D eigenvalue weighted by atomic mass is 16.5. The van der Waals surface area contributed by atoms with Crippen LogP contribution in [0, 0.1) is 5.92 Å². The molecule has 2 heterocycles. The molecule has 2 aromatic rings. The second kappa shape index (κ2) is 7.31. The zero-order valence-corrected chi connectivity index (χ0v) is 13.1. The molecule has 1 amide bonds. The number of hydrogen-bond donors (Lipinski definition) is 2. The summed E-state index contributed by atoms with van der Waals surface area (Å²) < 4.78 is 10.4. The molecular weight excluding hydrogens is 310 g/mol. The lowest BCUT2D eigenvalue weighted by Gasteiger charge is -2.28. The van der Waals surface area contributed by atoms with Crippen molar-refractivity contribution in [3.63, 3.8) is 0 Å². The largest absolute Gasteiger partial charge is 0.480 e. The second-order valence-corrected chi connectivity index (χ2v) is 5.86. The van der Waals surface area contributed by atoms with Crippen LogP contribution < -0.4 is 5.32 Å². The maximum atomic E-state index is 12.5. The summed E-state index contributed by atoms with van der Waals surface area (Å²) in [5.74, 6) is -1.65. The van der Waals surface area contributed by atoms with Crippen LogP contribution in [0.5, 0.6) is 0 Å². The van der Waals surface area contributed by atoms with E-state index < -0.39 is 17.9 Å². The molecule has 1 aliphatic heterocycles. The molecule has 2 unspecified atom stereocenters. The number of nitrogens with one attached hydrogen (secondary N) is 1. The number of carboxylic acids is 1. The molecule has 6 heteroatoms. The van der Waals surface area contributed by atoms with Crippen molar-refractivity contribution >= 4 is 11.9 Å². The lowest BCUT2D eigenvalue weighted by molar-refractivity contribution is -0.142. The normalized spacial score (nSPS) is 18.8. The molecule has 0 saturated carbocycles. The molecule has 1 aromatic heterocycles. The number of carboxylic acid groups (broad SMARTS) is 1. The van der Waals surface area contributed by atoms with Crippen molar-refractivity contribution in [3.05, 3.63) is 48.4 Å². The van der Waals surface area contributed by atoms with Crippen molar-refractivity contribution in [1.29, 1.82) is 0 Å². The predicted molar refractivity (Wildman–Crippen MR) is 86.6 cm³/mol. The van der Waals surface area contributed by atoms with E-state index in [9.17, 15) is 14.7 Å². The first-order valence-corrected chi connectivity index (χ1v) is 7.89. The molecule has 3 rings (SSSR count). The van der Waals surface area contributed by atoms with Gasteiger partial charge in [0.15, 0.2) is 0 Å². The van der Waals surface area contributed by atoms with Gasteiger partial charge in [0, 0.05) is 23.7 Å². The fraction of sp³-hybridized carbons (Fsp3) is 0.333. The highest BCUT2D eigenvalue weighted by molar-refractivity contribution is 5.97. The third kappa shape index (κ3) is 3.65. The van der Waals surface area contributed by atoms with Crippen LogP contribution in [0.25, 0.3) is 11.1 Å². The third-order valence-electron chi connectivity index (χ3n) is 4.20. The summed E-state index contributed by atoms with van der Waals surface area (Å²) in [6, 6.07) is 7.86. The summed E-state index contributed by atoms with van der Waals surface area (Å²) >= 11 is 0. The Morgan fingerprint density at radius 2 is 2.12 bits per heavy atom. The van der Waals surface area contributed by atoms with Gasteiger partial charge in [0.2, 0.25) is 0 Å². The van der Waals surface area contributed by atoms with Gasteiger partial charge in [0.25, 0.3) is 5.91 Å². The summed E-state index contributed by atoms with van der Waals surface area (Å²) in [5, 5.41) is 12.1. The number of amides is 1. The zero-order chi connectivity index (χ0) is 16.9. The van der Waals surface area contributed by atoms with Gasteiger partial charge in [-0.15, -0.1) is 0 Å². The molecule has 1 fully saturated rings. The van der Waals surface area contributed by atoms with E-state index in [1.165, 1.54) is 0 Å².